The van der Waals surface area contributed by atoms with E-state index in [4.69, 9.17) is 4.42 Å². The third-order valence-corrected chi connectivity index (χ3v) is 5.76. The molecule has 1 aromatic heterocycles. The number of rotatable bonds is 4. The zero-order valence-corrected chi connectivity index (χ0v) is 15.1. The van der Waals surface area contributed by atoms with E-state index in [0.717, 1.165) is 37.8 Å². The van der Waals surface area contributed by atoms with E-state index in [1.807, 2.05) is 0 Å². The zero-order valence-electron chi connectivity index (χ0n) is 14.3. The van der Waals surface area contributed by atoms with Gasteiger partial charge in [0.1, 0.15) is 0 Å². The lowest BCUT2D eigenvalue weighted by molar-refractivity contribution is -0.154. The summed E-state index contributed by atoms with van der Waals surface area (Å²) in [7, 11) is 0. The van der Waals surface area contributed by atoms with E-state index in [2.05, 4.69) is 15.2 Å². The lowest BCUT2D eigenvalue weighted by atomic mass is 9.96. The SMILES string of the molecule is O=C(N[C@@H]1C[C@H]2CCN(C2)C1)c1ccc(Sc2ncc(C(F)(F)F)o2)cc1. The van der Waals surface area contributed by atoms with Crippen LogP contribution in [0.2, 0.25) is 0 Å². The summed E-state index contributed by atoms with van der Waals surface area (Å²) in [6.45, 7) is 3.14. The van der Waals surface area contributed by atoms with Gasteiger partial charge in [-0.25, -0.2) is 4.98 Å². The number of oxazole rings is 1. The topological polar surface area (TPSA) is 58.4 Å². The Labute approximate surface area is 158 Å². The number of benzene rings is 1. The van der Waals surface area contributed by atoms with Gasteiger partial charge in [-0.15, -0.1) is 0 Å². The van der Waals surface area contributed by atoms with Crippen LogP contribution in [0.1, 0.15) is 29.0 Å². The van der Waals surface area contributed by atoms with Crippen LogP contribution in [0.15, 0.2) is 45.0 Å². The first kappa shape index (κ1) is 18.4. The van der Waals surface area contributed by atoms with Crippen LogP contribution < -0.4 is 5.32 Å². The van der Waals surface area contributed by atoms with Crippen LogP contribution in [0.5, 0.6) is 0 Å². The maximum atomic E-state index is 12.5. The van der Waals surface area contributed by atoms with Crippen LogP contribution in [-0.4, -0.2) is 41.5 Å². The number of carbonyl (C=O) groups is 1. The highest BCUT2D eigenvalue weighted by molar-refractivity contribution is 7.99. The maximum absolute atomic E-state index is 12.5. The molecule has 2 aromatic rings. The number of nitrogens with zero attached hydrogens (tertiary/aromatic N) is 2. The standard InChI is InChI=1S/C18H18F3N3O2S/c19-18(20,21)15-8-22-17(26-15)27-14-3-1-12(2-4-14)16(25)23-13-7-11-5-6-24(9-11)10-13/h1-4,8,11,13H,5-7,9-10H2,(H,23,25)/t11-,13-/m1/s1. The van der Waals surface area contributed by atoms with Crippen LogP contribution in [0, 0.1) is 5.92 Å². The highest BCUT2D eigenvalue weighted by Gasteiger charge is 2.36. The molecule has 144 valence electrons. The molecule has 2 saturated heterocycles. The second-order valence-electron chi connectivity index (χ2n) is 6.93. The lowest BCUT2D eigenvalue weighted by Crippen LogP contribution is -2.47. The van der Waals surface area contributed by atoms with Crippen molar-refractivity contribution in [3.8, 4) is 0 Å². The summed E-state index contributed by atoms with van der Waals surface area (Å²) >= 11 is 0.973. The molecule has 0 aliphatic carbocycles. The van der Waals surface area contributed by atoms with Gasteiger partial charge >= 0.3 is 6.18 Å². The van der Waals surface area contributed by atoms with Crippen molar-refractivity contribution in [1.29, 1.82) is 0 Å². The van der Waals surface area contributed by atoms with Gasteiger partial charge in [0.05, 0.1) is 6.20 Å². The summed E-state index contributed by atoms with van der Waals surface area (Å²) in [4.78, 5) is 19.1. The quantitative estimate of drug-likeness (QED) is 0.853. The number of piperidine rings is 1. The summed E-state index contributed by atoms with van der Waals surface area (Å²) in [6.07, 6.45) is -1.67. The average molecular weight is 397 g/mol. The van der Waals surface area contributed by atoms with Gasteiger partial charge in [0.15, 0.2) is 0 Å². The van der Waals surface area contributed by atoms with Crippen molar-refractivity contribution < 1.29 is 22.4 Å². The molecule has 0 saturated carbocycles. The Morgan fingerprint density at radius 3 is 2.70 bits per heavy atom. The largest absolute Gasteiger partial charge is 0.451 e. The third-order valence-electron chi connectivity index (χ3n) is 4.89. The average Bonchev–Trinajstić information content (AvgIpc) is 3.22. The van der Waals surface area contributed by atoms with E-state index in [1.165, 1.54) is 6.42 Å². The van der Waals surface area contributed by atoms with Crippen molar-refractivity contribution in [2.45, 2.75) is 35.2 Å². The number of alkyl halides is 3. The van der Waals surface area contributed by atoms with Crippen LogP contribution >= 0.6 is 11.8 Å². The molecule has 27 heavy (non-hydrogen) atoms. The van der Waals surface area contributed by atoms with E-state index in [9.17, 15) is 18.0 Å². The number of halogens is 3. The molecule has 1 aromatic carbocycles. The van der Waals surface area contributed by atoms with Gasteiger partial charge in [-0.2, -0.15) is 13.2 Å². The van der Waals surface area contributed by atoms with E-state index in [-0.39, 0.29) is 17.2 Å². The first-order chi connectivity index (χ1) is 12.9. The number of fused-ring (bicyclic) bond motifs is 2. The van der Waals surface area contributed by atoms with Gasteiger partial charge in [0.25, 0.3) is 11.1 Å². The molecule has 2 aliphatic rings. The highest BCUT2D eigenvalue weighted by Crippen LogP contribution is 2.34. The Balaban J connectivity index is 1.35. The molecule has 0 spiro atoms. The first-order valence-electron chi connectivity index (χ1n) is 8.71. The molecule has 3 heterocycles. The van der Waals surface area contributed by atoms with E-state index in [1.54, 1.807) is 24.3 Å². The predicted molar refractivity (Wildman–Crippen MR) is 92.5 cm³/mol. The number of carbonyl (C=O) groups excluding carboxylic acids is 1. The molecule has 5 nitrogen and oxygen atoms in total. The Morgan fingerprint density at radius 1 is 1.26 bits per heavy atom. The Hall–Kier alpha value is -2.00. The third kappa shape index (κ3) is 4.30. The predicted octanol–water partition coefficient (Wildman–Crippen LogP) is 3.67. The molecule has 1 N–H and O–H groups in total. The molecule has 2 fully saturated rings. The Kier molecular flexibility index (Phi) is 4.90. The maximum Gasteiger partial charge on any atom is 0.451 e. The second kappa shape index (κ2) is 7.20. The lowest BCUT2D eigenvalue weighted by Gasteiger charge is -2.30. The highest BCUT2D eigenvalue weighted by atomic mass is 32.2. The number of hydrogen-bond acceptors (Lipinski definition) is 5. The fraction of sp³-hybridized carbons (Fsp3) is 0.444. The fourth-order valence-corrected chi connectivity index (χ4v) is 4.36. The smallest absolute Gasteiger partial charge is 0.427 e. The molecule has 2 bridgehead atoms. The molecule has 4 rings (SSSR count). The van der Waals surface area contributed by atoms with E-state index in [0.29, 0.717) is 22.6 Å². The monoisotopic (exact) mass is 397 g/mol. The molecule has 1 amide bonds. The molecule has 3 atom stereocenters. The zero-order chi connectivity index (χ0) is 19.0. The van der Waals surface area contributed by atoms with Gasteiger partial charge in [-0.05, 0) is 61.3 Å². The molecule has 2 aliphatic heterocycles. The number of hydrogen-bond donors (Lipinski definition) is 1. The summed E-state index contributed by atoms with van der Waals surface area (Å²) in [5.74, 6) is -0.585. The minimum Gasteiger partial charge on any atom is -0.427 e. The van der Waals surface area contributed by atoms with Crippen molar-refractivity contribution in [1.82, 2.24) is 15.2 Å². The van der Waals surface area contributed by atoms with Gasteiger partial charge in [-0.3, -0.25) is 4.79 Å². The molecule has 9 heteroatoms. The Morgan fingerprint density at radius 2 is 2.04 bits per heavy atom. The fourth-order valence-electron chi connectivity index (χ4n) is 3.64. The van der Waals surface area contributed by atoms with Crippen LogP contribution in [-0.2, 0) is 6.18 Å². The number of amides is 1. The van der Waals surface area contributed by atoms with Gasteiger partial charge in [-0.1, -0.05) is 0 Å². The normalized spacial score (nSPS) is 24.8. The Bertz CT molecular complexity index is 810. The van der Waals surface area contributed by atoms with Crippen molar-refractivity contribution >= 4 is 17.7 Å². The van der Waals surface area contributed by atoms with Crippen molar-refractivity contribution in [3.63, 3.8) is 0 Å². The molecular formula is C18H18F3N3O2S. The van der Waals surface area contributed by atoms with E-state index >= 15 is 0 Å². The van der Waals surface area contributed by atoms with Gasteiger partial charge < -0.3 is 14.6 Å². The van der Waals surface area contributed by atoms with Crippen molar-refractivity contribution in [2.24, 2.45) is 5.92 Å². The summed E-state index contributed by atoms with van der Waals surface area (Å²) < 4.78 is 42.3. The van der Waals surface area contributed by atoms with Gasteiger partial charge in [0, 0.05) is 29.6 Å². The molecular weight excluding hydrogens is 379 g/mol. The summed E-state index contributed by atoms with van der Waals surface area (Å²) in [6, 6.07) is 6.82. The number of nitrogens with one attached hydrogen (secondary N) is 1. The molecule has 0 radical (unpaired) electrons. The summed E-state index contributed by atoms with van der Waals surface area (Å²) in [5, 5.41) is 2.99. The van der Waals surface area contributed by atoms with Gasteiger partial charge in [0.2, 0.25) is 5.76 Å². The van der Waals surface area contributed by atoms with Crippen molar-refractivity contribution in [3.05, 3.63) is 41.8 Å². The minimum atomic E-state index is -4.55. The van der Waals surface area contributed by atoms with Crippen LogP contribution in [0.4, 0.5) is 13.2 Å². The molecule has 1 unspecified atom stereocenters. The minimum absolute atomic E-state index is 0.0914. The van der Waals surface area contributed by atoms with Crippen LogP contribution in [0.3, 0.4) is 0 Å². The van der Waals surface area contributed by atoms with E-state index < -0.39 is 11.9 Å². The van der Waals surface area contributed by atoms with Crippen molar-refractivity contribution in [2.75, 3.05) is 19.6 Å². The van der Waals surface area contributed by atoms with Crippen LogP contribution in [0.25, 0.3) is 0 Å². The number of aromatic nitrogens is 1. The first-order valence-corrected chi connectivity index (χ1v) is 9.52. The summed E-state index contributed by atoms with van der Waals surface area (Å²) in [5.41, 5.74) is 0.524. The second-order valence-corrected chi connectivity index (χ2v) is 7.96.